The van der Waals surface area contributed by atoms with Gasteiger partial charge < -0.3 is 10.2 Å². The Morgan fingerprint density at radius 1 is 1.53 bits per heavy atom. The first kappa shape index (κ1) is 11.8. The van der Waals surface area contributed by atoms with Crippen molar-refractivity contribution in [2.24, 2.45) is 0 Å². The molecule has 1 aliphatic heterocycles. The largest absolute Gasteiger partial charge is 0.353 e. The van der Waals surface area contributed by atoms with E-state index in [1.54, 1.807) is 0 Å². The number of aromatic nitrogens is 2. The average Bonchev–Trinajstić information content (AvgIpc) is 2.33. The van der Waals surface area contributed by atoms with Gasteiger partial charge in [0.1, 0.15) is 6.04 Å². The first-order chi connectivity index (χ1) is 8.22. The van der Waals surface area contributed by atoms with Crippen molar-refractivity contribution in [3.05, 3.63) is 18.2 Å². The van der Waals surface area contributed by atoms with Crippen LogP contribution in [0.25, 0.3) is 0 Å². The molecule has 1 aromatic heterocycles. The molecule has 0 unspecified atom stereocenters. The number of nitrogens with zero attached hydrogens (tertiary/aromatic N) is 3. The van der Waals surface area contributed by atoms with E-state index in [9.17, 15) is 9.18 Å². The number of rotatable bonds is 3. The molecule has 1 amide bonds. The van der Waals surface area contributed by atoms with Crippen molar-refractivity contribution in [1.29, 1.82) is 0 Å². The predicted molar refractivity (Wildman–Crippen MR) is 61.0 cm³/mol. The zero-order valence-corrected chi connectivity index (χ0v) is 9.69. The van der Waals surface area contributed by atoms with Gasteiger partial charge in [-0.2, -0.15) is 0 Å². The minimum Gasteiger partial charge on any atom is -0.353 e. The summed E-state index contributed by atoms with van der Waals surface area (Å²) in [5.74, 6) is -0.0621. The van der Waals surface area contributed by atoms with Crippen LogP contribution in [-0.4, -0.2) is 35.0 Å². The van der Waals surface area contributed by atoms with Crippen LogP contribution in [0.15, 0.2) is 12.4 Å². The van der Waals surface area contributed by atoms with Crippen molar-refractivity contribution in [3.8, 4) is 0 Å². The molecule has 0 bridgehead atoms. The second-order valence-corrected chi connectivity index (χ2v) is 3.99. The fourth-order valence-corrected chi connectivity index (χ4v) is 1.97. The SMILES string of the molecule is CCC[C@@H]1C(=O)NCCN1c1ncc(F)cn1. The number of piperazine rings is 1. The third kappa shape index (κ3) is 2.51. The van der Waals surface area contributed by atoms with Gasteiger partial charge in [0, 0.05) is 13.1 Å². The molecule has 0 aromatic carbocycles. The van der Waals surface area contributed by atoms with Crippen molar-refractivity contribution >= 4 is 11.9 Å². The number of hydrogen-bond acceptors (Lipinski definition) is 4. The van der Waals surface area contributed by atoms with Gasteiger partial charge in [-0.05, 0) is 6.42 Å². The minimum atomic E-state index is -0.470. The second-order valence-electron chi connectivity index (χ2n) is 3.99. The molecule has 1 saturated heterocycles. The van der Waals surface area contributed by atoms with E-state index in [1.807, 2.05) is 11.8 Å². The molecule has 0 saturated carbocycles. The van der Waals surface area contributed by atoms with Crippen LogP contribution in [0.2, 0.25) is 0 Å². The van der Waals surface area contributed by atoms with Gasteiger partial charge in [0.05, 0.1) is 12.4 Å². The van der Waals surface area contributed by atoms with Crippen molar-refractivity contribution in [1.82, 2.24) is 15.3 Å². The van der Waals surface area contributed by atoms with E-state index in [1.165, 1.54) is 0 Å². The molecule has 1 aliphatic rings. The van der Waals surface area contributed by atoms with E-state index < -0.39 is 5.82 Å². The molecule has 1 N–H and O–H groups in total. The quantitative estimate of drug-likeness (QED) is 0.843. The maximum absolute atomic E-state index is 12.8. The average molecular weight is 238 g/mol. The van der Waals surface area contributed by atoms with E-state index in [4.69, 9.17) is 0 Å². The first-order valence-corrected chi connectivity index (χ1v) is 5.74. The van der Waals surface area contributed by atoms with E-state index in [-0.39, 0.29) is 11.9 Å². The van der Waals surface area contributed by atoms with E-state index in [0.717, 1.165) is 25.2 Å². The second kappa shape index (κ2) is 5.07. The summed E-state index contributed by atoms with van der Waals surface area (Å²) in [6, 6.07) is -0.251. The van der Waals surface area contributed by atoms with Crippen molar-refractivity contribution in [2.75, 3.05) is 18.0 Å². The van der Waals surface area contributed by atoms with Crippen molar-refractivity contribution in [2.45, 2.75) is 25.8 Å². The number of halogens is 1. The Morgan fingerprint density at radius 2 is 2.24 bits per heavy atom. The molecule has 2 heterocycles. The lowest BCUT2D eigenvalue weighted by Gasteiger charge is -2.34. The minimum absolute atomic E-state index is 0.00831. The highest BCUT2D eigenvalue weighted by Gasteiger charge is 2.30. The molecule has 0 aliphatic carbocycles. The molecule has 6 heteroatoms. The highest BCUT2D eigenvalue weighted by atomic mass is 19.1. The Morgan fingerprint density at radius 3 is 2.88 bits per heavy atom. The summed E-state index contributed by atoms with van der Waals surface area (Å²) in [7, 11) is 0. The molecule has 1 atom stereocenters. The molecule has 5 nitrogen and oxygen atoms in total. The highest BCUT2D eigenvalue weighted by molar-refractivity contribution is 5.85. The van der Waals surface area contributed by atoms with E-state index in [0.29, 0.717) is 19.0 Å². The summed E-state index contributed by atoms with van der Waals surface area (Å²) in [6.45, 7) is 3.24. The number of carbonyl (C=O) groups is 1. The summed E-state index contributed by atoms with van der Waals surface area (Å²) in [5.41, 5.74) is 0. The fraction of sp³-hybridized carbons (Fsp3) is 0.545. The number of nitrogens with one attached hydrogen (secondary N) is 1. The predicted octanol–water partition coefficient (Wildman–Crippen LogP) is 0.721. The molecule has 2 rings (SSSR count). The number of anilines is 1. The zero-order valence-electron chi connectivity index (χ0n) is 9.69. The highest BCUT2D eigenvalue weighted by Crippen LogP contribution is 2.16. The normalized spacial score (nSPS) is 20.2. The lowest BCUT2D eigenvalue weighted by Crippen LogP contribution is -2.55. The summed E-state index contributed by atoms with van der Waals surface area (Å²) >= 11 is 0. The smallest absolute Gasteiger partial charge is 0.242 e. The fourth-order valence-electron chi connectivity index (χ4n) is 1.97. The van der Waals surface area contributed by atoms with Gasteiger partial charge in [0.2, 0.25) is 11.9 Å². The Balaban J connectivity index is 2.21. The van der Waals surface area contributed by atoms with Gasteiger partial charge in [-0.3, -0.25) is 4.79 Å². The van der Waals surface area contributed by atoms with Gasteiger partial charge in [-0.25, -0.2) is 14.4 Å². The molecule has 1 fully saturated rings. The van der Waals surface area contributed by atoms with Crippen LogP contribution in [0, 0.1) is 5.82 Å². The van der Waals surface area contributed by atoms with E-state index in [2.05, 4.69) is 15.3 Å². The lowest BCUT2D eigenvalue weighted by molar-refractivity contribution is -0.123. The summed E-state index contributed by atoms with van der Waals surface area (Å²) in [6.07, 6.45) is 3.89. The van der Waals surface area contributed by atoms with Gasteiger partial charge in [0.15, 0.2) is 5.82 Å². The number of amides is 1. The molecule has 1 aromatic rings. The van der Waals surface area contributed by atoms with Crippen LogP contribution >= 0.6 is 0 Å². The van der Waals surface area contributed by atoms with Gasteiger partial charge in [-0.1, -0.05) is 13.3 Å². The molecular weight excluding hydrogens is 223 g/mol. The van der Waals surface area contributed by atoms with Crippen molar-refractivity contribution in [3.63, 3.8) is 0 Å². The monoisotopic (exact) mass is 238 g/mol. The van der Waals surface area contributed by atoms with Crippen molar-refractivity contribution < 1.29 is 9.18 Å². The summed E-state index contributed by atoms with van der Waals surface area (Å²) in [5, 5.41) is 2.82. The Bertz CT molecular complexity index is 395. The van der Waals surface area contributed by atoms with Gasteiger partial charge >= 0.3 is 0 Å². The number of carbonyl (C=O) groups excluding carboxylic acids is 1. The molecule has 92 valence electrons. The maximum Gasteiger partial charge on any atom is 0.242 e. The molecule has 0 radical (unpaired) electrons. The lowest BCUT2D eigenvalue weighted by atomic mass is 10.1. The number of hydrogen-bond donors (Lipinski definition) is 1. The standard InChI is InChI=1S/C11H15FN4O/c1-2-3-9-10(17)13-4-5-16(9)11-14-6-8(12)7-15-11/h6-7,9H,2-5H2,1H3,(H,13,17)/t9-/m1/s1. The zero-order chi connectivity index (χ0) is 12.3. The van der Waals surface area contributed by atoms with Crippen LogP contribution in [0.5, 0.6) is 0 Å². The van der Waals surface area contributed by atoms with Crippen LogP contribution in [0.1, 0.15) is 19.8 Å². The summed E-state index contributed by atoms with van der Waals surface area (Å²) in [4.78, 5) is 21.4. The molecule has 17 heavy (non-hydrogen) atoms. The van der Waals surface area contributed by atoms with Crippen LogP contribution in [0.3, 0.4) is 0 Å². The van der Waals surface area contributed by atoms with E-state index >= 15 is 0 Å². The maximum atomic E-state index is 12.8. The Labute approximate surface area is 99.1 Å². The van der Waals surface area contributed by atoms with Crippen LogP contribution in [0.4, 0.5) is 10.3 Å². The third-order valence-corrected chi connectivity index (χ3v) is 2.76. The van der Waals surface area contributed by atoms with Gasteiger partial charge in [0.25, 0.3) is 0 Å². The topological polar surface area (TPSA) is 58.1 Å². The van der Waals surface area contributed by atoms with Crippen LogP contribution in [-0.2, 0) is 4.79 Å². The van der Waals surface area contributed by atoms with Crippen LogP contribution < -0.4 is 10.2 Å². The van der Waals surface area contributed by atoms with Gasteiger partial charge in [-0.15, -0.1) is 0 Å². The Hall–Kier alpha value is -1.72. The first-order valence-electron chi connectivity index (χ1n) is 5.74. The molecule has 0 spiro atoms. The molecular formula is C11H15FN4O. The summed E-state index contributed by atoms with van der Waals surface area (Å²) < 4.78 is 12.8. The Kier molecular flexibility index (Phi) is 3.51. The third-order valence-electron chi connectivity index (χ3n) is 2.76.